The van der Waals surface area contributed by atoms with Crippen molar-refractivity contribution < 1.29 is 13.6 Å². The number of aromatic nitrogens is 2. The van der Waals surface area contributed by atoms with Gasteiger partial charge in [0.2, 0.25) is 12.4 Å². The van der Waals surface area contributed by atoms with E-state index in [1.165, 1.54) is 14.2 Å². The van der Waals surface area contributed by atoms with Gasteiger partial charge in [0.25, 0.3) is 0 Å². The molecule has 1 aromatic rings. The van der Waals surface area contributed by atoms with Crippen LogP contribution in [0.4, 0.5) is 0 Å². The topological polar surface area (TPSA) is 57.4 Å². The van der Waals surface area contributed by atoms with Crippen LogP contribution in [0.25, 0.3) is 0 Å². The molecule has 92 valence electrons. The van der Waals surface area contributed by atoms with Gasteiger partial charge in [-0.15, -0.1) is 0 Å². The highest BCUT2D eigenvalue weighted by atomic mass is 32.5. The van der Waals surface area contributed by atoms with Crippen LogP contribution in [0.2, 0.25) is 0 Å². The second-order valence-corrected chi connectivity index (χ2v) is 8.20. The Morgan fingerprint density at radius 3 is 2.31 bits per heavy atom. The minimum Gasteiger partial charge on any atom is -0.337 e. The smallest absolute Gasteiger partial charge is 0.249 e. The molecule has 8 heteroatoms. The Morgan fingerprint density at radius 1 is 1.38 bits per heavy atom. The maximum Gasteiger partial charge on any atom is 0.249 e. The summed E-state index contributed by atoms with van der Waals surface area (Å²) in [4.78, 5) is 3.72. The van der Waals surface area contributed by atoms with E-state index in [0.29, 0.717) is 11.7 Å². The third-order valence-electron chi connectivity index (χ3n) is 2.00. The monoisotopic (exact) mass is 282 g/mol. The zero-order valence-corrected chi connectivity index (χ0v) is 12.2. The summed E-state index contributed by atoms with van der Waals surface area (Å²) in [7, 11) is 2.99. The average molecular weight is 282 g/mol. The molecule has 1 unspecified atom stereocenters. The highest BCUT2D eigenvalue weighted by Gasteiger charge is 2.32. The van der Waals surface area contributed by atoms with Crippen LogP contribution in [0.5, 0.6) is 0 Å². The Morgan fingerprint density at radius 2 is 1.94 bits per heavy atom. The fourth-order valence-corrected chi connectivity index (χ4v) is 2.86. The molecule has 1 heterocycles. The third kappa shape index (κ3) is 2.84. The summed E-state index contributed by atoms with van der Waals surface area (Å²) in [6.45, 7) is 1.44. The number of nitrogens with zero attached hydrogens (tertiary/aromatic N) is 2. The van der Waals surface area contributed by atoms with Crippen molar-refractivity contribution in [1.29, 1.82) is 0 Å². The summed E-state index contributed by atoms with van der Waals surface area (Å²) < 4.78 is 15.4. The maximum absolute atomic E-state index is 5.25. The first-order valence-electron chi connectivity index (χ1n) is 4.67. The van der Waals surface area contributed by atoms with Gasteiger partial charge in [-0.3, -0.25) is 0 Å². The molecule has 1 rings (SSSR count). The highest BCUT2D eigenvalue weighted by molar-refractivity contribution is 8.14. The predicted molar refractivity (Wildman–Crippen MR) is 68.4 cm³/mol. The normalized spacial score (nSPS) is 14.4. The van der Waals surface area contributed by atoms with Crippen LogP contribution in [0, 0.1) is 0 Å². The molecular weight excluding hydrogens is 267 g/mol. The van der Waals surface area contributed by atoms with E-state index in [4.69, 9.17) is 25.4 Å². The van der Waals surface area contributed by atoms with Crippen molar-refractivity contribution in [2.24, 2.45) is 0 Å². The molecule has 0 radical (unpaired) electrons. The van der Waals surface area contributed by atoms with Crippen molar-refractivity contribution in [2.45, 2.75) is 24.8 Å². The fraction of sp³-hybridized carbons (Fsp3) is 0.750. The number of hydrogen-bond acceptors (Lipinski definition) is 7. The lowest BCUT2D eigenvalue weighted by Gasteiger charge is -2.20. The van der Waals surface area contributed by atoms with Crippen molar-refractivity contribution >= 4 is 30.9 Å². The molecule has 5 nitrogen and oxygen atoms in total. The summed E-state index contributed by atoms with van der Waals surface area (Å²) >= 11 is 9.59. The van der Waals surface area contributed by atoms with Gasteiger partial charge in [0, 0.05) is 20.1 Å². The third-order valence-corrected chi connectivity index (χ3v) is 6.97. The van der Waals surface area contributed by atoms with Crippen molar-refractivity contribution in [3.05, 3.63) is 11.7 Å². The lowest BCUT2D eigenvalue weighted by atomic mass is 10.2. The fourth-order valence-electron chi connectivity index (χ4n) is 0.996. The number of hydrogen-bond donors (Lipinski definition) is 1. The van der Waals surface area contributed by atoms with Gasteiger partial charge in [0.05, 0.1) is 0 Å². The molecule has 0 saturated carbocycles. The number of rotatable bonds is 5. The molecule has 0 saturated heterocycles. The van der Waals surface area contributed by atoms with Gasteiger partial charge < -0.3 is 13.6 Å². The zero-order chi connectivity index (χ0) is 12.3. The van der Waals surface area contributed by atoms with Crippen molar-refractivity contribution in [2.75, 3.05) is 14.2 Å². The van der Waals surface area contributed by atoms with Crippen molar-refractivity contribution in [3.8, 4) is 0 Å². The Labute approximate surface area is 105 Å². The van der Waals surface area contributed by atoms with Crippen LogP contribution in [0.15, 0.2) is 4.52 Å². The summed E-state index contributed by atoms with van der Waals surface area (Å²) in [5, 5.41) is 3.84. The van der Waals surface area contributed by atoms with Crippen LogP contribution in [0.3, 0.4) is 0 Å². The quantitative estimate of drug-likeness (QED) is 0.662. The van der Waals surface area contributed by atoms with Crippen LogP contribution in [-0.2, 0) is 20.9 Å². The number of thiol groups is 1. The van der Waals surface area contributed by atoms with Crippen LogP contribution in [0.1, 0.15) is 36.5 Å². The Bertz CT molecular complexity index is 388. The molecule has 0 spiro atoms. The summed E-state index contributed by atoms with van der Waals surface area (Å²) in [5.74, 6) is 1.17. The van der Waals surface area contributed by atoms with Crippen molar-refractivity contribution in [3.63, 3.8) is 0 Å². The largest absolute Gasteiger partial charge is 0.337 e. The minimum absolute atomic E-state index is 0.195. The minimum atomic E-state index is -2.51. The molecule has 0 N–H and O–H groups in total. The Balaban J connectivity index is 2.96. The molecule has 0 amide bonds. The Kier molecular flexibility index (Phi) is 4.94. The van der Waals surface area contributed by atoms with Gasteiger partial charge >= 0.3 is 0 Å². The van der Waals surface area contributed by atoms with E-state index in [2.05, 4.69) is 22.8 Å². The predicted octanol–water partition coefficient (Wildman–Crippen LogP) is 2.72. The van der Waals surface area contributed by atoms with E-state index in [-0.39, 0.29) is 5.92 Å². The lowest BCUT2D eigenvalue weighted by molar-refractivity contribution is 0.323. The molecule has 0 fully saturated rings. The van der Waals surface area contributed by atoms with Crippen LogP contribution < -0.4 is 0 Å². The van der Waals surface area contributed by atoms with E-state index in [0.717, 1.165) is 0 Å². The second-order valence-electron chi connectivity index (χ2n) is 3.42. The first-order chi connectivity index (χ1) is 7.44. The lowest BCUT2D eigenvalue weighted by Crippen LogP contribution is -1.98. The summed E-state index contributed by atoms with van der Waals surface area (Å²) in [5.41, 5.74) is 0. The van der Waals surface area contributed by atoms with E-state index in [1.807, 2.05) is 13.8 Å². The first-order valence-corrected chi connectivity index (χ1v) is 7.89. The average Bonchev–Trinajstić information content (AvgIpc) is 2.76. The summed E-state index contributed by atoms with van der Waals surface area (Å²) in [6.07, 6.45) is 0. The molecule has 16 heavy (non-hydrogen) atoms. The zero-order valence-electron chi connectivity index (χ0n) is 9.58. The molecule has 1 atom stereocenters. The van der Waals surface area contributed by atoms with Gasteiger partial charge in [-0.2, -0.15) is 17.6 Å². The van der Waals surface area contributed by atoms with Crippen LogP contribution >= 0.6 is 19.1 Å². The van der Waals surface area contributed by atoms with E-state index < -0.39 is 11.5 Å². The molecule has 1 aromatic heterocycles. The molecule has 0 aliphatic heterocycles. The molecular formula is C8H15N2O3PS2. The van der Waals surface area contributed by atoms with Gasteiger partial charge in [0.15, 0.2) is 10.8 Å². The Hall–Kier alpha value is 0.0600. The molecule has 0 bridgehead atoms. The highest BCUT2D eigenvalue weighted by Crippen LogP contribution is 2.61. The first kappa shape index (κ1) is 14.1. The molecule has 0 aromatic carbocycles. The molecule has 0 aliphatic rings. The van der Waals surface area contributed by atoms with Gasteiger partial charge in [0.1, 0.15) is 0 Å². The van der Waals surface area contributed by atoms with Crippen LogP contribution in [-0.4, -0.2) is 24.4 Å². The summed E-state index contributed by atoms with van der Waals surface area (Å²) in [6, 6.07) is 0. The molecule has 0 aliphatic carbocycles. The second kappa shape index (κ2) is 5.60. The van der Waals surface area contributed by atoms with E-state index in [1.54, 1.807) is 0 Å². The van der Waals surface area contributed by atoms with E-state index in [9.17, 15) is 0 Å². The van der Waals surface area contributed by atoms with Gasteiger partial charge in [-0.25, -0.2) is 0 Å². The SMILES string of the molecule is COP(=S)(OC)C(S)c1nc(C(C)C)no1. The van der Waals surface area contributed by atoms with Gasteiger partial charge in [-0.05, 0) is 11.8 Å². The van der Waals surface area contributed by atoms with E-state index >= 15 is 0 Å². The van der Waals surface area contributed by atoms with Crippen molar-refractivity contribution in [1.82, 2.24) is 10.1 Å². The maximum atomic E-state index is 5.25. The standard InChI is InChI=1S/C8H15N2O3PS2/c1-5(2)6-9-7(13-10-6)8(15)14(16,11-3)12-4/h5,8,15H,1-4H3. The van der Waals surface area contributed by atoms with Gasteiger partial charge in [-0.1, -0.05) is 19.0 Å².